The van der Waals surface area contributed by atoms with Gasteiger partial charge in [0.2, 0.25) is 0 Å². The van der Waals surface area contributed by atoms with E-state index in [2.05, 4.69) is 48.3 Å². The molecule has 0 aromatic heterocycles. The second-order valence-electron chi connectivity index (χ2n) is 6.36. The highest BCUT2D eigenvalue weighted by Crippen LogP contribution is 2.36. The highest BCUT2D eigenvalue weighted by atomic mass is 15.2. The lowest BCUT2D eigenvalue weighted by atomic mass is 9.89. The molecule has 0 spiro atoms. The summed E-state index contributed by atoms with van der Waals surface area (Å²) in [5.41, 5.74) is 3.28. The SMILES string of the molecule is CC1(C)CCCN1CC1CCNc2ccccc21. The minimum atomic E-state index is 0.403. The zero-order chi connectivity index (χ0) is 12.6. The molecule has 98 valence electrons. The largest absolute Gasteiger partial charge is 0.385 e. The fraction of sp³-hybridized carbons (Fsp3) is 0.625. The van der Waals surface area contributed by atoms with Crippen molar-refractivity contribution in [1.82, 2.24) is 4.90 Å². The quantitative estimate of drug-likeness (QED) is 0.857. The molecule has 1 saturated heterocycles. The number of likely N-dealkylation sites (tertiary alicyclic amines) is 1. The number of hydrogen-bond acceptors (Lipinski definition) is 2. The van der Waals surface area contributed by atoms with Gasteiger partial charge in [0, 0.05) is 30.2 Å². The Morgan fingerprint density at radius 1 is 1.33 bits per heavy atom. The predicted molar refractivity (Wildman–Crippen MR) is 77.2 cm³/mol. The Labute approximate surface area is 110 Å². The first-order valence-electron chi connectivity index (χ1n) is 7.25. The summed E-state index contributed by atoms with van der Waals surface area (Å²) in [6, 6.07) is 8.83. The number of rotatable bonds is 2. The summed E-state index contributed by atoms with van der Waals surface area (Å²) in [5, 5.41) is 3.52. The number of fused-ring (bicyclic) bond motifs is 1. The number of nitrogens with zero attached hydrogens (tertiary/aromatic N) is 1. The Kier molecular flexibility index (Phi) is 3.06. The molecule has 1 atom stereocenters. The minimum absolute atomic E-state index is 0.403. The molecule has 1 aromatic carbocycles. The zero-order valence-corrected chi connectivity index (χ0v) is 11.6. The van der Waals surface area contributed by atoms with Gasteiger partial charge < -0.3 is 5.32 Å². The van der Waals surface area contributed by atoms with Gasteiger partial charge in [-0.3, -0.25) is 4.90 Å². The van der Waals surface area contributed by atoms with Crippen LogP contribution in [0.15, 0.2) is 24.3 Å². The summed E-state index contributed by atoms with van der Waals surface area (Å²) in [5.74, 6) is 0.708. The second kappa shape index (κ2) is 4.58. The van der Waals surface area contributed by atoms with Crippen molar-refractivity contribution in [1.29, 1.82) is 0 Å². The topological polar surface area (TPSA) is 15.3 Å². The standard InChI is InChI=1S/C16H24N2/c1-16(2)9-5-11-18(16)12-13-8-10-17-15-7-4-3-6-14(13)15/h3-4,6-7,13,17H,5,8-12H2,1-2H3. The van der Waals surface area contributed by atoms with E-state index in [1.165, 1.54) is 43.6 Å². The molecule has 2 heterocycles. The molecule has 3 rings (SSSR count). The Morgan fingerprint density at radius 2 is 2.17 bits per heavy atom. The van der Waals surface area contributed by atoms with Crippen molar-refractivity contribution >= 4 is 5.69 Å². The molecule has 18 heavy (non-hydrogen) atoms. The molecular formula is C16H24N2. The van der Waals surface area contributed by atoms with Crippen LogP contribution in [0.1, 0.15) is 44.6 Å². The Morgan fingerprint density at radius 3 is 2.94 bits per heavy atom. The molecule has 1 unspecified atom stereocenters. The molecule has 1 N–H and O–H groups in total. The predicted octanol–water partition coefficient (Wildman–Crippen LogP) is 3.46. The molecule has 0 amide bonds. The van der Waals surface area contributed by atoms with E-state index < -0.39 is 0 Å². The monoisotopic (exact) mass is 244 g/mol. The van der Waals surface area contributed by atoms with E-state index >= 15 is 0 Å². The minimum Gasteiger partial charge on any atom is -0.385 e. The third-order valence-corrected chi connectivity index (χ3v) is 4.72. The number of hydrogen-bond donors (Lipinski definition) is 1. The summed E-state index contributed by atoms with van der Waals surface area (Å²) in [6.45, 7) is 8.42. The van der Waals surface area contributed by atoms with Crippen molar-refractivity contribution in [2.75, 3.05) is 25.0 Å². The van der Waals surface area contributed by atoms with E-state index in [9.17, 15) is 0 Å². The molecule has 0 bridgehead atoms. The molecule has 2 aliphatic heterocycles. The van der Waals surface area contributed by atoms with E-state index in [0.29, 0.717) is 11.5 Å². The highest BCUT2D eigenvalue weighted by molar-refractivity contribution is 5.54. The number of anilines is 1. The normalized spacial score (nSPS) is 26.7. The Balaban J connectivity index is 1.78. The first kappa shape index (κ1) is 12.0. The number of para-hydroxylation sites is 1. The van der Waals surface area contributed by atoms with Gasteiger partial charge in [-0.15, -0.1) is 0 Å². The van der Waals surface area contributed by atoms with Crippen molar-refractivity contribution in [3.63, 3.8) is 0 Å². The zero-order valence-electron chi connectivity index (χ0n) is 11.6. The van der Waals surface area contributed by atoms with Gasteiger partial charge in [-0.05, 0) is 51.3 Å². The Hall–Kier alpha value is -1.02. The molecule has 1 fully saturated rings. The molecular weight excluding hydrogens is 220 g/mol. The van der Waals surface area contributed by atoms with Crippen LogP contribution in [0, 0.1) is 0 Å². The molecule has 2 heteroatoms. The fourth-order valence-electron chi connectivity index (χ4n) is 3.51. The average Bonchev–Trinajstić information content (AvgIpc) is 2.69. The van der Waals surface area contributed by atoms with E-state index in [1.807, 2.05) is 0 Å². The Bertz CT molecular complexity index is 425. The van der Waals surface area contributed by atoms with Gasteiger partial charge in [0.15, 0.2) is 0 Å². The summed E-state index contributed by atoms with van der Waals surface area (Å²) in [4.78, 5) is 2.69. The first-order chi connectivity index (χ1) is 8.67. The molecule has 0 saturated carbocycles. The molecule has 1 aromatic rings. The average molecular weight is 244 g/mol. The maximum Gasteiger partial charge on any atom is 0.0376 e. The van der Waals surface area contributed by atoms with Gasteiger partial charge in [0.1, 0.15) is 0 Å². The van der Waals surface area contributed by atoms with Gasteiger partial charge >= 0.3 is 0 Å². The van der Waals surface area contributed by atoms with Crippen molar-refractivity contribution in [2.24, 2.45) is 0 Å². The van der Waals surface area contributed by atoms with Crippen LogP contribution in [-0.2, 0) is 0 Å². The van der Waals surface area contributed by atoms with Crippen LogP contribution in [0.25, 0.3) is 0 Å². The van der Waals surface area contributed by atoms with Gasteiger partial charge in [0.05, 0.1) is 0 Å². The molecule has 2 aliphatic rings. The van der Waals surface area contributed by atoms with E-state index in [0.717, 1.165) is 6.54 Å². The third kappa shape index (κ3) is 2.14. The van der Waals surface area contributed by atoms with Crippen molar-refractivity contribution in [3.05, 3.63) is 29.8 Å². The lowest BCUT2D eigenvalue weighted by molar-refractivity contribution is 0.162. The van der Waals surface area contributed by atoms with Gasteiger partial charge in [-0.25, -0.2) is 0 Å². The summed E-state index contributed by atoms with van der Waals surface area (Å²) < 4.78 is 0. The van der Waals surface area contributed by atoms with E-state index in [-0.39, 0.29) is 0 Å². The number of nitrogens with one attached hydrogen (secondary N) is 1. The van der Waals surface area contributed by atoms with Crippen LogP contribution in [0.3, 0.4) is 0 Å². The van der Waals surface area contributed by atoms with Crippen molar-refractivity contribution in [2.45, 2.75) is 44.6 Å². The van der Waals surface area contributed by atoms with Crippen LogP contribution in [-0.4, -0.2) is 30.1 Å². The van der Waals surface area contributed by atoms with Crippen LogP contribution in [0.5, 0.6) is 0 Å². The van der Waals surface area contributed by atoms with E-state index in [4.69, 9.17) is 0 Å². The third-order valence-electron chi connectivity index (χ3n) is 4.72. The maximum absolute atomic E-state index is 3.52. The lowest BCUT2D eigenvalue weighted by Gasteiger charge is -2.36. The lowest BCUT2D eigenvalue weighted by Crippen LogP contribution is -2.41. The van der Waals surface area contributed by atoms with Crippen LogP contribution < -0.4 is 5.32 Å². The second-order valence-corrected chi connectivity index (χ2v) is 6.36. The van der Waals surface area contributed by atoms with Gasteiger partial charge in [0.25, 0.3) is 0 Å². The first-order valence-corrected chi connectivity index (χ1v) is 7.25. The van der Waals surface area contributed by atoms with Gasteiger partial charge in [-0.2, -0.15) is 0 Å². The molecule has 0 aliphatic carbocycles. The summed E-state index contributed by atoms with van der Waals surface area (Å²) in [6.07, 6.45) is 3.98. The molecule has 0 radical (unpaired) electrons. The number of benzene rings is 1. The van der Waals surface area contributed by atoms with Gasteiger partial charge in [-0.1, -0.05) is 18.2 Å². The summed E-state index contributed by atoms with van der Waals surface area (Å²) in [7, 11) is 0. The van der Waals surface area contributed by atoms with E-state index in [1.54, 1.807) is 0 Å². The van der Waals surface area contributed by atoms with Crippen LogP contribution in [0.2, 0.25) is 0 Å². The van der Waals surface area contributed by atoms with Crippen molar-refractivity contribution in [3.8, 4) is 0 Å². The van der Waals surface area contributed by atoms with Crippen LogP contribution >= 0.6 is 0 Å². The summed E-state index contributed by atoms with van der Waals surface area (Å²) >= 11 is 0. The fourth-order valence-corrected chi connectivity index (χ4v) is 3.51. The molecule has 2 nitrogen and oxygen atoms in total. The smallest absolute Gasteiger partial charge is 0.0376 e. The van der Waals surface area contributed by atoms with Crippen LogP contribution in [0.4, 0.5) is 5.69 Å². The van der Waals surface area contributed by atoms with Crippen molar-refractivity contribution < 1.29 is 0 Å². The maximum atomic E-state index is 3.52. The highest BCUT2D eigenvalue weighted by Gasteiger charge is 2.34.